The molecule has 1 unspecified atom stereocenters. The maximum atomic E-state index is 12.3. The van der Waals surface area contributed by atoms with E-state index in [1.54, 1.807) is 7.05 Å². The van der Waals surface area contributed by atoms with Crippen molar-refractivity contribution >= 4 is 5.91 Å². The summed E-state index contributed by atoms with van der Waals surface area (Å²) in [6, 6.07) is 21.0. The number of carbonyl (C=O) groups is 1. The molecule has 0 spiro atoms. The highest BCUT2D eigenvalue weighted by molar-refractivity contribution is 5.94. The molecule has 0 bridgehead atoms. The van der Waals surface area contributed by atoms with Gasteiger partial charge < -0.3 is 9.88 Å². The molecule has 2 aromatic carbocycles. The molecule has 33 heavy (non-hydrogen) atoms. The number of aromatic nitrogens is 1. The molecule has 3 heteroatoms. The number of amides is 1. The normalized spacial score (nSPS) is 15.5. The molecule has 1 atom stereocenters. The SMILES string of the molecule is CC.CNC(=O)c1cccc(-n2c(-c3ccccc3)cc3c2CCC(C(C)(C)C(C)C)C3)c1. The quantitative estimate of drug-likeness (QED) is 0.439. The van der Waals surface area contributed by atoms with Gasteiger partial charge in [-0.05, 0) is 71.9 Å². The predicted molar refractivity (Wildman–Crippen MR) is 140 cm³/mol. The Kier molecular flexibility index (Phi) is 7.84. The zero-order valence-electron chi connectivity index (χ0n) is 21.4. The lowest BCUT2D eigenvalue weighted by Gasteiger charge is -2.40. The number of hydrogen-bond acceptors (Lipinski definition) is 1. The summed E-state index contributed by atoms with van der Waals surface area (Å²) in [6.45, 7) is 13.5. The van der Waals surface area contributed by atoms with Gasteiger partial charge in [0.1, 0.15) is 0 Å². The highest BCUT2D eigenvalue weighted by Gasteiger charge is 2.36. The summed E-state index contributed by atoms with van der Waals surface area (Å²) in [5, 5.41) is 2.75. The van der Waals surface area contributed by atoms with Gasteiger partial charge in [-0.2, -0.15) is 0 Å². The van der Waals surface area contributed by atoms with Crippen LogP contribution in [0.4, 0.5) is 0 Å². The van der Waals surface area contributed by atoms with E-state index in [0.29, 0.717) is 22.8 Å². The van der Waals surface area contributed by atoms with Gasteiger partial charge in [0.2, 0.25) is 0 Å². The van der Waals surface area contributed by atoms with E-state index < -0.39 is 0 Å². The number of carbonyl (C=O) groups excluding carboxylic acids is 1. The van der Waals surface area contributed by atoms with Crippen molar-refractivity contribution in [3.8, 4) is 16.9 Å². The molecule has 0 saturated carbocycles. The maximum Gasteiger partial charge on any atom is 0.251 e. The van der Waals surface area contributed by atoms with Crippen LogP contribution in [0.3, 0.4) is 0 Å². The lowest BCUT2D eigenvalue weighted by molar-refractivity contribution is 0.0963. The average Bonchev–Trinajstić information content (AvgIpc) is 3.24. The minimum atomic E-state index is -0.0529. The summed E-state index contributed by atoms with van der Waals surface area (Å²) in [5.74, 6) is 1.28. The topological polar surface area (TPSA) is 34.0 Å². The van der Waals surface area contributed by atoms with E-state index in [4.69, 9.17) is 0 Å². The molecular weight excluding hydrogens is 404 g/mol. The third-order valence-corrected chi connectivity index (χ3v) is 7.59. The molecule has 1 heterocycles. The standard InChI is InChI=1S/C28H34N2O.C2H6/c1-19(2)28(3,4)23-14-15-25-22(16-23)18-26(20-10-7-6-8-11-20)30(25)24-13-9-12-21(17-24)27(31)29-5;1-2/h6-13,17-19,23H,14-16H2,1-5H3,(H,29,31);1-2H3. The first-order valence-electron chi connectivity index (χ1n) is 12.4. The van der Waals surface area contributed by atoms with Gasteiger partial charge in [0.05, 0.1) is 5.69 Å². The molecule has 0 fully saturated rings. The van der Waals surface area contributed by atoms with Gasteiger partial charge >= 0.3 is 0 Å². The van der Waals surface area contributed by atoms with E-state index in [1.807, 2.05) is 32.0 Å². The summed E-state index contributed by atoms with van der Waals surface area (Å²) in [7, 11) is 1.68. The zero-order chi connectivity index (χ0) is 24.2. The third kappa shape index (κ3) is 4.93. The number of nitrogens with zero attached hydrogens (tertiary/aromatic N) is 1. The van der Waals surface area contributed by atoms with Crippen LogP contribution in [0.25, 0.3) is 16.9 Å². The summed E-state index contributed by atoms with van der Waals surface area (Å²) in [6.07, 6.45) is 3.38. The van der Waals surface area contributed by atoms with Crippen LogP contribution in [0.5, 0.6) is 0 Å². The smallest absolute Gasteiger partial charge is 0.251 e. The first-order chi connectivity index (χ1) is 15.8. The molecule has 0 saturated heterocycles. The molecule has 1 N–H and O–H groups in total. The van der Waals surface area contributed by atoms with Gasteiger partial charge in [-0.25, -0.2) is 0 Å². The maximum absolute atomic E-state index is 12.3. The van der Waals surface area contributed by atoms with Gasteiger partial charge in [-0.3, -0.25) is 4.79 Å². The molecule has 1 aromatic heterocycles. The number of hydrogen-bond donors (Lipinski definition) is 1. The van der Waals surface area contributed by atoms with E-state index in [9.17, 15) is 4.79 Å². The molecule has 1 amide bonds. The molecule has 0 radical (unpaired) electrons. The monoisotopic (exact) mass is 444 g/mol. The fraction of sp³-hybridized carbons (Fsp3) is 0.433. The summed E-state index contributed by atoms with van der Waals surface area (Å²) in [5.41, 5.74) is 7.33. The van der Waals surface area contributed by atoms with Crippen LogP contribution in [-0.4, -0.2) is 17.5 Å². The second-order valence-electron chi connectivity index (χ2n) is 9.75. The first-order valence-corrected chi connectivity index (χ1v) is 12.4. The second kappa shape index (κ2) is 10.4. The molecule has 3 aromatic rings. The fourth-order valence-electron chi connectivity index (χ4n) is 4.88. The van der Waals surface area contributed by atoms with Crippen molar-refractivity contribution in [2.75, 3.05) is 7.05 Å². The third-order valence-electron chi connectivity index (χ3n) is 7.59. The largest absolute Gasteiger partial charge is 0.355 e. The van der Waals surface area contributed by atoms with Crippen LogP contribution >= 0.6 is 0 Å². The van der Waals surface area contributed by atoms with Crippen LogP contribution in [0.1, 0.15) is 69.6 Å². The Labute approximate surface area is 200 Å². The highest BCUT2D eigenvalue weighted by atomic mass is 16.1. The lowest BCUT2D eigenvalue weighted by Crippen LogP contribution is -2.33. The lowest BCUT2D eigenvalue weighted by atomic mass is 9.65. The predicted octanol–water partition coefficient (Wildman–Crippen LogP) is 7.32. The van der Waals surface area contributed by atoms with Crippen molar-refractivity contribution in [2.45, 2.75) is 60.8 Å². The molecule has 1 aliphatic rings. The molecule has 1 aliphatic carbocycles. The van der Waals surface area contributed by atoms with E-state index >= 15 is 0 Å². The Morgan fingerprint density at radius 2 is 1.73 bits per heavy atom. The fourth-order valence-corrected chi connectivity index (χ4v) is 4.88. The second-order valence-corrected chi connectivity index (χ2v) is 9.75. The number of nitrogens with one attached hydrogen (secondary N) is 1. The van der Waals surface area contributed by atoms with Crippen molar-refractivity contribution in [1.29, 1.82) is 0 Å². The van der Waals surface area contributed by atoms with E-state index in [0.717, 1.165) is 18.5 Å². The summed E-state index contributed by atoms with van der Waals surface area (Å²) < 4.78 is 2.38. The Hall–Kier alpha value is -2.81. The zero-order valence-corrected chi connectivity index (χ0v) is 21.4. The number of rotatable bonds is 5. The average molecular weight is 445 g/mol. The van der Waals surface area contributed by atoms with Crippen molar-refractivity contribution in [2.24, 2.45) is 17.3 Å². The first kappa shape index (κ1) is 24.8. The summed E-state index contributed by atoms with van der Waals surface area (Å²) >= 11 is 0. The van der Waals surface area contributed by atoms with Crippen molar-refractivity contribution in [1.82, 2.24) is 9.88 Å². The van der Waals surface area contributed by atoms with E-state index in [2.05, 4.69) is 80.0 Å². The van der Waals surface area contributed by atoms with E-state index in [-0.39, 0.29) is 5.91 Å². The van der Waals surface area contributed by atoms with Gasteiger partial charge in [0, 0.05) is 24.0 Å². The molecule has 0 aliphatic heterocycles. The highest BCUT2D eigenvalue weighted by Crippen LogP contribution is 2.44. The number of benzene rings is 2. The summed E-state index contributed by atoms with van der Waals surface area (Å²) in [4.78, 5) is 12.3. The molecule has 3 nitrogen and oxygen atoms in total. The Balaban J connectivity index is 0.00000149. The van der Waals surface area contributed by atoms with Crippen LogP contribution in [0, 0.1) is 17.3 Å². The number of fused-ring (bicyclic) bond motifs is 1. The van der Waals surface area contributed by atoms with Crippen LogP contribution in [0.2, 0.25) is 0 Å². The van der Waals surface area contributed by atoms with Gasteiger partial charge in [0.15, 0.2) is 0 Å². The van der Waals surface area contributed by atoms with Crippen LogP contribution in [0.15, 0.2) is 60.7 Å². The van der Waals surface area contributed by atoms with Gasteiger partial charge in [-0.1, -0.05) is 77.9 Å². The van der Waals surface area contributed by atoms with Crippen molar-refractivity contribution in [3.63, 3.8) is 0 Å². The van der Waals surface area contributed by atoms with Crippen LogP contribution < -0.4 is 5.32 Å². The Morgan fingerprint density at radius 3 is 2.36 bits per heavy atom. The Bertz CT molecular complexity index is 1080. The van der Waals surface area contributed by atoms with Gasteiger partial charge in [0.25, 0.3) is 5.91 Å². The Morgan fingerprint density at radius 1 is 1.03 bits per heavy atom. The van der Waals surface area contributed by atoms with E-state index in [1.165, 1.54) is 28.9 Å². The van der Waals surface area contributed by atoms with Crippen LogP contribution in [-0.2, 0) is 12.8 Å². The van der Waals surface area contributed by atoms with Gasteiger partial charge in [-0.15, -0.1) is 0 Å². The minimum absolute atomic E-state index is 0.0529. The molecule has 176 valence electrons. The molecular formula is C30H40N2O. The van der Waals surface area contributed by atoms with Crippen molar-refractivity contribution < 1.29 is 4.79 Å². The molecule has 4 rings (SSSR count). The van der Waals surface area contributed by atoms with Crippen molar-refractivity contribution in [3.05, 3.63) is 77.5 Å². The minimum Gasteiger partial charge on any atom is -0.355 e.